The van der Waals surface area contributed by atoms with E-state index in [0.29, 0.717) is 11.3 Å². The van der Waals surface area contributed by atoms with Crippen LogP contribution in [-0.2, 0) is 14.3 Å². The Labute approximate surface area is 135 Å². The number of nitrogens with zero attached hydrogens (tertiary/aromatic N) is 2. The Hall–Kier alpha value is -2.81. The fourth-order valence-corrected chi connectivity index (χ4v) is 2.32. The van der Waals surface area contributed by atoms with Gasteiger partial charge in [0, 0.05) is 6.08 Å². The van der Waals surface area contributed by atoms with Crippen molar-refractivity contribution in [1.29, 1.82) is 0 Å². The van der Waals surface area contributed by atoms with E-state index in [9.17, 15) is 14.7 Å². The second kappa shape index (κ2) is 7.45. The van der Waals surface area contributed by atoms with Gasteiger partial charge in [0.05, 0.1) is 25.3 Å². The summed E-state index contributed by atoms with van der Waals surface area (Å²) in [7, 11) is 2.68. The molecule has 2 N–H and O–H groups in total. The highest BCUT2D eigenvalue weighted by atomic mass is 32.2. The van der Waals surface area contributed by atoms with E-state index < -0.39 is 11.9 Å². The zero-order valence-electron chi connectivity index (χ0n) is 12.3. The number of hydrogen-bond donors (Lipinski definition) is 2. The molecular formula is C14H13N3O5S. The lowest BCUT2D eigenvalue weighted by Crippen LogP contribution is -2.19. The highest BCUT2D eigenvalue weighted by Crippen LogP contribution is 2.26. The zero-order chi connectivity index (χ0) is 16.8. The summed E-state index contributed by atoms with van der Waals surface area (Å²) in [6.45, 7) is 0. The van der Waals surface area contributed by atoms with Gasteiger partial charge in [0.15, 0.2) is 16.7 Å². The highest BCUT2D eigenvalue weighted by Gasteiger charge is 2.24. The van der Waals surface area contributed by atoms with E-state index in [1.54, 1.807) is 12.1 Å². The summed E-state index contributed by atoms with van der Waals surface area (Å²) in [6, 6.07) is 4.74. The highest BCUT2D eigenvalue weighted by molar-refractivity contribution is 8.18. The molecule has 0 atom stereocenters. The van der Waals surface area contributed by atoms with Gasteiger partial charge in [0.2, 0.25) is 0 Å². The molecule has 1 aliphatic heterocycles. The van der Waals surface area contributed by atoms with E-state index >= 15 is 0 Å². The van der Waals surface area contributed by atoms with Gasteiger partial charge in [-0.1, -0.05) is 0 Å². The number of esters is 1. The standard InChI is InChI=1S/C14H13N3O5S/c1-21-10-4-3-8(5-9(10)18)7-15-17-14-16-13(20)11(23-14)6-12(19)22-2/h3-7,18H,1-2H3,(H,16,17,20)/b11-6+,15-7?. The number of carbonyl (C=O) groups excluding carboxylic acids is 2. The molecule has 0 bridgehead atoms. The van der Waals surface area contributed by atoms with Crippen molar-refractivity contribution >= 4 is 35.0 Å². The van der Waals surface area contributed by atoms with Gasteiger partial charge >= 0.3 is 5.97 Å². The predicted molar refractivity (Wildman–Crippen MR) is 85.5 cm³/mol. The fraction of sp³-hybridized carbons (Fsp3) is 0.143. The molecule has 1 aromatic rings. The number of ether oxygens (including phenoxy) is 2. The first kappa shape index (κ1) is 16.6. The second-order valence-corrected chi connectivity index (χ2v) is 5.20. The lowest BCUT2D eigenvalue weighted by molar-refractivity contribution is -0.135. The maximum atomic E-state index is 11.6. The quantitative estimate of drug-likeness (QED) is 0.368. The van der Waals surface area contributed by atoms with Crippen LogP contribution in [0.3, 0.4) is 0 Å². The van der Waals surface area contributed by atoms with Gasteiger partial charge in [-0.3, -0.25) is 10.1 Å². The Balaban J connectivity index is 2.06. The minimum Gasteiger partial charge on any atom is -0.504 e. The first-order valence-corrected chi connectivity index (χ1v) is 7.12. The number of phenols is 1. The van der Waals surface area contributed by atoms with Crippen molar-refractivity contribution in [2.75, 3.05) is 14.2 Å². The van der Waals surface area contributed by atoms with Crippen molar-refractivity contribution in [3.05, 3.63) is 34.7 Å². The van der Waals surface area contributed by atoms with Crippen LogP contribution in [0.2, 0.25) is 0 Å². The van der Waals surface area contributed by atoms with Crippen LogP contribution >= 0.6 is 11.8 Å². The van der Waals surface area contributed by atoms with Crippen LogP contribution < -0.4 is 10.1 Å². The molecule has 0 spiro atoms. The van der Waals surface area contributed by atoms with Gasteiger partial charge in [0.25, 0.3) is 5.91 Å². The number of thioether (sulfide) groups is 1. The number of amides is 1. The van der Waals surface area contributed by atoms with Gasteiger partial charge in [-0.15, -0.1) is 5.10 Å². The number of phenolic OH excluding ortho intramolecular Hbond substituents is 1. The largest absolute Gasteiger partial charge is 0.504 e. The van der Waals surface area contributed by atoms with Crippen molar-refractivity contribution in [1.82, 2.24) is 5.32 Å². The number of rotatable bonds is 4. The average Bonchev–Trinajstić information content (AvgIpc) is 2.87. The molecule has 1 aromatic carbocycles. The van der Waals surface area contributed by atoms with Gasteiger partial charge in [-0.25, -0.2) is 4.79 Å². The molecule has 0 unspecified atom stereocenters. The lowest BCUT2D eigenvalue weighted by Gasteiger charge is -2.02. The summed E-state index contributed by atoms with van der Waals surface area (Å²) in [5.41, 5.74) is 0.604. The van der Waals surface area contributed by atoms with Crippen LogP contribution in [0.1, 0.15) is 5.56 Å². The van der Waals surface area contributed by atoms with Crippen LogP contribution in [0.5, 0.6) is 11.5 Å². The maximum absolute atomic E-state index is 11.6. The van der Waals surface area contributed by atoms with E-state index in [1.165, 1.54) is 26.5 Å². The third-order valence-electron chi connectivity index (χ3n) is 2.66. The van der Waals surface area contributed by atoms with Crippen LogP contribution in [0, 0.1) is 0 Å². The van der Waals surface area contributed by atoms with E-state index in [2.05, 4.69) is 20.3 Å². The van der Waals surface area contributed by atoms with Crippen molar-refractivity contribution < 1.29 is 24.2 Å². The van der Waals surface area contributed by atoms with Crippen molar-refractivity contribution in [3.63, 3.8) is 0 Å². The minimum absolute atomic E-state index is 0.0176. The zero-order valence-corrected chi connectivity index (χ0v) is 13.1. The van der Waals surface area contributed by atoms with E-state index in [-0.39, 0.29) is 15.8 Å². The third kappa shape index (κ3) is 4.33. The first-order chi connectivity index (χ1) is 11.0. The van der Waals surface area contributed by atoms with Crippen LogP contribution in [0.15, 0.2) is 39.4 Å². The molecule has 23 heavy (non-hydrogen) atoms. The second-order valence-electron chi connectivity index (χ2n) is 4.17. The smallest absolute Gasteiger partial charge is 0.331 e. The van der Waals surface area contributed by atoms with Crippen LogP contribution in [-0.4, -0.2) is 42.6 Å². The first-order valence-electron chi connectivity index (χ1n) is 6.30. The summed E-state index contributed by atoms with van der Waals surface area (Å²) in [4.78, 5) is 22.9. The van der Waals surface area contributed by atoms with Crippen molar-refractivity contribution in [2.45, 2.75) is 0 Å². The van der Waals surface area contributed by atoms with E-state index in [4.69, 9.17) is 4.74 Å². The van der Waals surface area contributed by atoms with Gasteiger partial charge in [-0.2, -0.15) is 5.10 Å². The lowest BCUT2D eigenvalue weighted by atomic mass is 10.2. The molecule has 2 rings (SSSR count). The molecule has 1 fully saturated rings. The number of hydrogen-bond acceptors (Lipinski definition) is 8. The summed E-state index contributed by atoms with van der Waals surface area (Å²) in [6.07, 6.45) is 2.48. The Morgan fingerprint density at radius 3 is 2.83 bits per heavy atom. The molecule has 0 radical (unpaired) electrons. The minimum atomic E-state index is -0.624. The summed E-state index contributed by atoms with van der Waals surface area (Å²) >= 11 is 0.973. The van der Waals surface area contributed by atoms with E-state index in [0.717, 1.165) is 17.8 Å². The molecule has 8 nitrogen and oxygen atoms in total. The Bertz CT molecular complexity index is 727. The predicted octanol–water partition coefficient (Wildman–Crippen LogP) is 1.01. The monoisotopic (exact) mass is 335 g/mol. The molecule has 9 heteroatoms. The number of nitrogens with one attached hydrogen (secondary N) is 1. The molecule has 0 aromatic heterocycles. The Morgan fingerprint density at radius 1 is 1.39 bits per heavy atom. The average molecular weight is 335 g/mol. The molecule has 0 aliphatic carbocycles. The van der Waals surface area contributed by atoms with Gasteiger partial charge in [0.1, 0.15) is 0 Å². The number of methoxy groups -OCH3 is 2. The third-order valence-corrected chi connectivity index (χ3v) is 3.56. The topological polar surface area (TPSA) is 110 Å². The van der Waals surface area contributed by atoms with Crippen LogP contribution in [0.25, 0.3) is 0 Å². The van der Waals surface area contributed by atoms with E-state index in [1.807, 2.05) is 0 Å². The number of benzene rings is 1. The number of aromatic hydroxyl groups is 1. The molecule has 1 saturated heterocycles. The van der Waals surface area contributed by atoms with Gasteiger partial charge < -0.3 is 14.6 Å². The van der Waals surface area contributed by atoms with Crippen LogP contribution in [0.4, 0.5) is 0 Å². The van der Waals surface area contributed by atoms with Crippen molar-refractivity contribution in [2.24, 2.45) is 10.2 Å². The Morgan fingerprint density at radius 2 is 2.17 bits per heavy atom. The molecule has 0 saturated carbocycles. The number of carbonyl (C=O) groups is 2. The molecule has 120 valence electrons. The molecular weight excluding hydrogens is 322 g/mol. The number of amidine groups is 1. The fourth-order valence-electron chi connectivity index (χ4n) is 1.58. The molecule has 1 amide bonds. The van der Waals surface area contributed by atoms with Gasteiger partial charge in [-0.05, 0) is 35.5 Å². The summed E-state index contributed by atoms with van der Waals surface area (Å²) in [5.74, 6) is -0.738. The summed E-state index contributed by atoms with van der Waals surface area (Å²) < 4.78 is 9.39. The Kier molecular flexibility index (Phi) is 5.36. The molecule has 1 heterocycles. The summed E-state index contributed by atoms with van der Waals surface area (Å²) in [5, 5.41) is 20.0. The SMILES string of the molecule is COC(=O)/C=C1/S/C(=N\N=Cc2ccc(OC)c(O)c2)NC1=O. The maximum Gasteiger partial charge on any atom is 0.331 e. The molecule has 1 aliphatic rings. The normalized spacial score (nSPS) is 17.7. The van der Waals surface area contributed by atoms with Crippen molar-refractivity contribution in [3.8, 4) is 11.5 Å².